The van der Waals surface area contributed by atoms with Gasteiger partial charge in [0.25, 0.3) is 0 Å². The van der Waals surface area contributed by atoms with Crippen LogP contribution in [0, 0.1) is 0 Å². The van der Waals surface area contributed by atoms with Crippen LogP contribution in [0.5, 0.6) is 5.75 Å². The average molecular weight is 324 g/mol. The van der Waals surface area contributed by atoms with Crippen molar-refractivity contribution in [3.8, 4) is 17.1 Å². The molecule has 0 aliphatic carbocycles. The number of rotatable bonds is 4. The molecule has 0 spiro atoms. The Morgan fingerprint density at radius 1 is 0.875 bits per heavy atom. The fourth-order valence-electron chi connectivity index (χ4n) is 2.48. The molecule has 1 heterocycles. The summed E-state index contributed by atoms with van der Waals surface area (Å²) >= 11 is 0. The topological polar surface area (TPSA) is 80.4 Å². The summed E-state index contributed by atoms with van der Waals surface area (Å²) in [5.74, 6) is 8.17. The van der Waals surface area contributed by atoms with Crippen molar-refractivity contribution in [2.24, 2.45) is 5.84 Å². The van der Waals surface area contributed by atoms with Crippen LogP contribution in [0.15, 0.2) is 36.4 Å². The number of hydrogen-bond donors (Lipinski definition) is 1. The molecule has 0 atom stereocenters. The highest BCUT2D eigenvalue weighted by atomic mass is 16.5. The number of hydrogen-bond acceptors (Lipinski definition) is 7. The Hall–Kier alpha value is -2.93. The zero-order valence-corrected chi connectivity index (χ0v) is 14.2. The first-order chi connectivity index (χ1) is 11.5. The molecule has 2 N–H and O–H groups in total. The highest BCUT2D eigenvalue weighted by Crippen LogP contribution is 2.33. The lowest BCUT2D eigenvalue weighted by molar-refractivity contribution is 0.420. The van der Waals surface area contributed by atoms with Gasteiger partial charge in [-0.25, -0.2) is 5.84 Å². The highest BCUT2D eigenvalue weighted by Gasteiger charge is 2.15. The summed E-state index contributed by atoms with van der Waals surface area (Å²) in [6, 6.07) is 11.9. The van der Waals surface area contributed by atoms with E-state index >= 15 is 0 Å². The monoisotopic (exact) mass is 324 g/mol. The van der Waals surface area contributed by atoms with Crippen LogP contribution in [0.25, 0.3) is 22.2 Å². The Labute approximate surface area is 140 Å². The number of hydrazine groups is 1. The van der Waals surface area contributed by atoms with Crippen LogP contribution in [0.1, 0.15) is 0 Å². The fraction of sp³-hybridized carbons (Fsp3) is 0.235. The van der Waals surface area contributed by atoms with Gasteiger partial charge in [-0.3, -0.25) is 5.01 Å². The van der Waals surface area contributed by atoms with Crippen LogP contribution in [-0.4, -0.2) is 43.2 Å². The number of nitrogens with zero attached hydrogens (tertiary/aromatic N) is 5. The summed E-state index contributed by atoms with van der Waals surface area (Å²) < 4.78 is 5.45. The minimum absolute atomic E-state index is 0.406. The number of benzene rings is 2. The van der Waals surface area contributed by atoms with Crippen LogP contribution in [0.2, 0.25) is 0 Å². The highest BCUT2D eigenvalue weighted by molar-refractivity contribution is 5.99. The Kier molecular flexibility index (Phi) is 4.18. The van der Waals surface area contributed by atoms with Crippen molar-refractivity contribution >= 4 is 22.7 Å². The molecule has 24 heavy (non-hydrogen) atoms. The maximum Gasteiger partial charge on any atom is 0.244 e. The Balaban J connectivity index is 2.28. The predicted molar refractivity (Wildman–Crippen MR) is 96.2 cm³/mol. The molecule has 7 nitrogen and oxygen atoms in total. The first-order valence-corrected chi connectivity index (χ1v) is 7.49. The van der Waals surface area contributed by atoms with Gasteiger partial charge in [-0.15, -0.1) is 0 Å². The summed E-state index contributed by atoms with van der Waals surface area (Å²) in [7, 11) is 7.12. The van der Waals surface area contributed by atoms with E-state index in [0.717, 1.165) is 22.1 Å². The number of anilines is 2. The molecule has 0 bridgehead atoms. The summed E-state index contributed by atoms with van der Waals surface area (Å²) in [6.07, 6.45) is 0. The molecule has 7 heteroatoms. The lowest BCUT2D eigenvalue weighted by Gasteiger charge is -2.17. The summed E-state index contributed by atoms with van der Waals surface area (Å²) in [4.78, 5) is 15.2. The molecule has 124 valence electrons. The van der Waals surface area contributed by atoms with Gasteiger partial charge in [0.2, 0.25) is 11.9 Å². The standard InChI is InChI=1S/C17H20N6O/c1-22(2)16-19-15(20-17(21-16)23(3)18)13-9-10-14(24-4)12-8-6-5-7-11(12)13/h5-10H,18H2,1-4H3. The Morgan fingerprint density at radius 2 is 1.54 bits per heavy atom. The van der Waals surface area contributed by atoms with Gasteiger partial charge in [0.15, 0.2) is 5.82 Å². The van der Waals surface area contributed by atoms with Crippen LogP contribution in [0.3, 0.4) is 0 Å². The van der Waals surface area contributed by atoms with Gasteiger partial charge in [0.05, 0.1) is 7.11 Å². The van der Waals surface area contributed by atoms with Crippen molar-refractivity contribution in [2.45, 2.75) is 0 Å². The molecule has 0 fully saturated rings. The summed E-state index contributed by atoms with van der Waals surface area (Å²) in [5, 5.41) is 3.40. The smallest absolute Gasteiger partial charge is 0.244 e. The van der Waals surface area contributed by atoms with Crippen molar-refractivity contribution in [3.05, 3.63) is 36.4 Å². The minimum atomic E-state index is 0.406. The zero-order valence-electron chi connectivity index (χ0n) is 14.2. The molecule has 0 unspecified atom stereocenters. The molecular weight excluding hydrogens is 304 g/mol. The number of aromatic nitrogens is 3. The second-order valence-electron chi connectivity index (χ2n) is 5.63. The van der Waals surface area contributed by atoms with E-state index in [1.165, 1.54) is 5.01 Å². The molecule has 0 aliphatic heterocycles. The third-order valence-electron chi connectivity index (χ3n) is 3.67. The third kappa shape index (κ3) is 2.81. The second kappa shape index (κ2) is 6.29. The van der Waals surface area contributed by atoms with Crippen molar-refractivity contribution in [3.63, 3.8) is 0 Å². The van der Waals surface area contributed by atoms with Gasteiger partial charge in [-0.05, 0) is 17.5 Å². The van der Waals surface area contributed by atoms with Gasteiger partial charge in [0, 0.05) is 32.1 Å². The van der Waals surface area contributed by atoms with Crippen LogP contribution in [0.4, 0.5) is 11.9 Å². The molecule has 3 rings (SSSR count). The third-order valence-corrected chi connectivity index (χ3v) is 3.67. The number of ether oxygens (including phenoxy) is 1. The van der Waals surface area contributed by atoms with Crippen LogP contribution in [-0.2, 0) is 0 Å². The van der Waals surface area contributed by atoms with Crippen molar-refractivity contribution in [2.75, 3.05) is 38.2 Å². The largest absolute Gasteiger partial charge is 0.496 e. The van der Waals surface area contributed by atoms with E-state index in [-0.39, 0.29) is 0 Å². The van der Waals surface area contributed by atoms with Gasteiger partial charge in [-0.2, -0.15) is 15.0 Å². The molecule has 0 radical (unpaired) electrons. The quantitative estimate of drug-likeness (QED) is 0.581. The fourth-order valence-corrected chi connectivity index (χ4v) is 2.48. The normalized spacial score (nSPS) is 10.7. The van der Waals surface area contributed by atoms with Crippen molar-refractivity contribution < 1.29 is 4.74 Å². The first kappa shape index (κ1) is 15.9. The van der Waals surface area contributed by atoms with Crippen molar-refractivity contribution in [1.82, 2.24) is 15.0 Å². The minimum Gasteiger partial charge on any atom is -0.496 e. The molecule has 2 aromatic carbocycles. The lowest BCUT2D eigenvalue weighted by Crippen LogP contribution is -2.28. The summed E-state index contributed by atoms with van der Waals surface area (Å²) in [6.45, 7) is 0. The Morgan fingerprint density at radius 3 is 2.17 bits per heavy atom. The van der Waals surface area contributed by atoms with Crippen molar-refractivity contribution in [1.29, 1.82) is 0 Å². The maximum absolute atomic E-state index is 5.83. The van der Waals surface area contributed by atoms with E-state index in [4.69, 9.17) is 10.6 Å². The SMILES string of the molecule is COc1ccc(-c2nc(N(C)C)nc(N(C)N)n2)c2ccccc12. The van der Waals surface area contributed by atoms with Gasteiger partial charge in [0.1, 0.15) is 5.75 Å². The zero-order chi connectivity index (χ0) is 17.3. The van der Waals surface area contributed by atoms with E-state index < -0.39 is 0 Å². The number of fused-ring (bicyclic) bond motifs is 1. The lowest BCUT2D eigenvalue weighted by atomic mass is 10.0. The molecule has 0 saturated heterocycles. The van der Waals surface area contributed by atoms with Crippen LogP contribution < -0.4 is 20.5 Å². The van der Waals surface area contributed by atoms with E-state index in [1.54, 1.807) is 14.2 Å². The molecule has 0 saturated carbocycles. The summed E-state index contributed by atoms with van der Waals surface area (Å²) in [5.41, 5.74) is 0.903. The van der Waals surface area contributed by atoms with E-state index in [9.17, 15) is 0 Å². The van der Waals surface area contributed by atoms with Gasteiger partial charge < -0.3 is 9.64 Å². The van der Waals surface area contributed by atoms with E-state index in [1.807, 2.05) is 55.4 Å². The first-order valence-electron chi connectivity index (χ1n) is 7.49. The molecule has 0 amide bonds. The number of nitrogens with two attached hydrogens (primary N) is 1. The van der Waals surface area contributed by atoms with Crippen LogP contribution >= 0.6 is 0 Å². The second-order valence-corrected chi connectivity index (χ2v) is 5.63. The molecule has 3 aromatic rings. The Bertz CT molecular complexity index is 852. The molecule has 1 aromatic heterocycles. The average Bonchev–Trinajstić information content (AvgIpc) is 2.60. The predicted octanol–water partition coefficient (Wildman–Crippen LogP) is 2.08. The maximum atomic E-state index is 5.83. The van der Waals surface area contributed by atoms with Gasteiger partial charge >= 0.3 is 0 Å². The van der Waals surface area contributed by atoms with E-state index in [0.29, 0.717) is 17.7 Å². The van der Waals surface area contributed by atoms with Gasteiger partial charge in [-0.1, -0.05) is 24.3 Å². The molecular formula is C17H20N6O. The molecule has 0 aliphatic rings. The number of methoxy groups -OCH3 is 1. The van der Waals surface area contributed by atoms with E-state index in [2.05, 4.69) is 15.0 Å².